The van der Waals surface area contributed by atoms with E-state index in [0.29, 0.717) is 5.41 Å². The number of hydrogen-bond donors (Lipinski definition) is 1. The Hall–Kier alpha value is -0.550. The predicted molar refractivity (Wildman–Crippen MR) is 72.7 cm³/mol. The zero-order chi connectivity index (χ0) is 12.9. The molecule has 0 aromatic rings. The molecule has 2 nitrogen and oxygen atoms in total. The third-order valence-corrected chi connectivity index (χ3v) is 4.78. The first-order valence-corrected chi connectivity index (χ1v) is 7.16. The van der Waals surface area contributed by atoms with Gasteiger partial charge in [-0.3, -0.25) is 5.32 Å². The summed E-state index contributed by atoms with van der Waals surface area (Å²) in [6.07, 6.45) is 6.79. The topological polar surface area (TPSA) is 35.8 Å². The molecule has 0 saturated heterocycles. The lowest BCUT2D eigenvalue weighted by molar-refractivity contribution is 0.119. The van der Waals surface area contributed by atoms with E-state index in [9.17, 15) is 5.26 Å². The summed E-state index contributed by atoms with van der Waals surface area (Å²) >= 11 is 0. The number of rotatable bonds is 5. The molecule has 0 aromatic carbocycles. The fourth-order valence-electron chi connectivity index (χ4n) is 2.87. The van der Waals surface area contributed by atoms with Crippen molar-refractivity contribution in [3.05, 3.63) is 0 Å². The van der Waals surface area contributed by atoms with Gasteiger partial charge in [0.05, 0.1) is 6.07 Å². The summed E-state index contributed by atoms with van der Waals surface area (Å²) in [5, 5.41) is 12.9. The molecule has 2 heteroatoms. The molecule has 0 atom stereocenters. The molecule has 17 heavy (non-hydrogen) atoms. The maximum Gasteiger partial charge on any atom is 0.106 e. The summed E-state index contributed by atoms with van der Waals surface area (Å²) in [4.78, 5) is 0. The van der Waals surface area contributed by atoms with E-state index in [1.54, 1.807) is 0 Å². The third kappa shape index (κ3) is 3.45. The minimum Gasteiger partial charge on any atom is -0.299 e. The van der Waals surface area contributed by atoms with Crippen molar-refractivity contribution in [2.24, 2.45) is 11.3 Å². The summed E-state index contributed by atoms with van der Waals surface area (Å²) in [6.45, 7) is 10.1. The standard InChI is InChI=1S/C15H28N2/c1-5-11-17-15(12-16)9-7-13(8-10-15)14(3,4)6-2/h13,17H,5-11H2,1-4H3. The van der Waals surface area contributed by atoms with Crippen molar-refractivity contribution in [2.45, 2.75) is 71.8 Å². The maximum absolute atomic E-state index is 9.40. The van der Waals surface area contributed by atoms with Crippen LogP contribution in [0.3, 0.4) is 0 Å². The largest absolute Gasteiger partial charge is 0.299 e. The Morgan fingerprint density at radius 3 is 2.29 bits per heavy atom. The van der Waals surface area contributed by atoms with Gasteiger partial charge in [-0.25, -0.2) is 0 Å². The average molecular weight is 236 g/mol. The predicted octanol–water partition coefficient (Wildman–Crippen LogP) is 3.87. The molecule has 0 unspecified atom stereocenters. The highest BCUT2D eigenvalue weighted by Crippen LogP contribution is 2.43. The van der Waals surface area contributed by atoms with E-state index in [4.69, 9.17) is 0 Å². The number of hydrogen-bond acceptors (Lipinski definition) is 2. The Morgan fingerprint density at radius 2 is 1.88 bits per heavy atom. The number of nitrogens with zero attached hydrogens (tertiary/aromatic N) is 1. The van der Waals surface area contributed by atoms with Gasteiger partial charge >= 0.3 is 0 Å². The van der Waals surface area contributed by atoms with Crippen LogP contribution in [0.4, 0.5) is 0 Å². The van der Waals surface area contributed by atoms with E-state index >= 15 is 0 Å². The molecule has 0 amide bonds. The zero-order valence-corrected chi connectivity index (χ0v) is 12.0. The molecule has 1 aliphatic rings. The molecule has 0 spiro atoms. The summed E-state index contributed by atoms with van der Waals surface area (Å²) < 4.78 is 0. The van der Waals surface area contributed by atoms with Gasteiger partial charge in [0, 0.05) is 0 Å². The second kappa shape index (κ2) is 5.87. The number of nitrogens with one attached hydrogen (secondary N) is 1. The van der Waals surface area contributed by atoms with Gasteiger partial charge in [0.2, 0.25) is 0 Å². The Labute approximate surface area is 107 Å². The van der Waals surface area contributed by atoms with Crippen LogP contribution in [0.1, 0.15) is 66.2 Å². The Kier molecular flexibility index (Phi) is 5.01. The molecule has 98 valence electrons. The molecule has 0 bridgehead atoms. The summed E-state index contributed by atoms with van der Waals surface area (Å²) in [7, 11) is 0. The van der Waals surface area contributed by atoms with Crippen LogP contribution in [0.15, 0.2) is 0 Å². The molecular weight excluding hydrogens is 208 g/mol. The van der Waals surface area contributed by atoms with E-state index in [-0.39, 0.29) is 5.54 Å². The highest BCUT2D eigenvalue weighted by Gasteiger charge is 2.39. The molecule has 1 fully saturated rings. The van der Waals surface area contributed by atoms with Gasteiger partial charge in [0.15, 0.2) is 0 Å². The second-order valence-corrected chi connectivity index (χ2v) is 6.24. The Morgan fingerprint density at radius 1 is 1.29 bits per heavy atom. The quantitative estimate of drug-likeness (QED) is 0.786. The molecule has 0 aromatic heterocycles. The minimum atomic E-state index is -0.226. The van der Waals surface area contributed by atoms with Crippen LogP contribution in [-0.2, 0) is 0 Å². The highest BCUT2D eigenvalue weighted by molar-refractivity contribution is 5.09. The lowest BCUT2D eigenvalue weighted by Gasteiger charge is -2.42. The van der Waals surface area contributed by atoms with Crippen LogP contribution in [0.25, 0.3) is 0 Å². The normalized spacial score (nSPS) is 29.9. The number of nitriles is 1. The lowest BCUT2D eigenvalue weighted by atomic mass is 9.66. The first kappa shape index (κ1) is 14.5. The summed E-state index contributed by atoms with van der Waals surface area (Å²) in [5.41, 5.74) is 0.211. The molecular formula is C15H28N2. The van der Waals surface area contributed by atoms with Crippen molar-refractivity contribution >= 4 is 0 Å². The van der Waals surface area contributed by atoms with Crippen LogP contribution in [0, 0.1) is 22.7 Å². The van der Waals surface area contributed by atoms with Crippen LogP contribution in [0.2, 0.25) is 0 Å². The average Bonchev–Trinajstić information content (AvgIpc) is 2.37. The fourth-order valence-corrected chi connectivity index (χ4v) is 2.87. The first-order chi connectivity index (χ1) is 7.99. The molecule has 1 N–H and O–H groups in total. The van der Waals surface area contributed by atoms with Crippen LogP contribution in [-0.4, -0.2) is 12.1 Å². The van der Waals surface area contributed by atoms with Crippen molar-refractivity contribution in [1.29, 1.82) is 5.26 Å². The first-order valence-electron chi connectivity index (χ1n) is 7.16. The van der Waals surface area contributed by atoms with Crippen molar-refractivity contribution in [1.82, 2.24) is 5.32 Å². The van der Waals surface area contributed by atoms with Gasteiger partial charge in [0.25, 0.3) is 0 Å². The second-order valence-electron chi connectivity index (χ2n) is 6.24. The summed E-state index contributed by atoms with van der Waals surface area (Å²) in [5.74, 6) is 0.789. The van der Waals surface area contributed by atoms with E-state index in [2.05, 4.69) is 39.1 Å². The van der Waals surface area contributed by atoms with Crippen molar-refractivity contribution < 1.29 is 0 Å². The lowest BCUT2D eigenvalue weighted by Crippen LogP contribution is -2.48. The maximum atomic E-state index is 9.40. The fraction of sp³-hybridized carbons (Fsp3) is 0.933. The summed E-state index contributed by atoms with van der Waals surface area (Å²) in [6, 6.07) is 2.53. The van der Waals surface area contributed by atoms with Gasteiger partial charge in [0.1, 0.15) is 5.54 Å². The SMILES string of the molecule is CCCNC1(C#N)CCC(C(C)(C)CC)CC1. The van der Waals surface area contributed by atoms with Crippen LogP contribution >= 0.6 is 0 Å². The third-order valence-electron chi connectivity index (χ3n) is 4.78. The Bertz CT molecular complexity index is 267. The van der Waals surface area contributed by atoms with Crippen LogP contribution in [0.5, 0.6) is 0 Å². The zero-order valence-electron chi connectivity index (χ0n) is 12.0. The van der Waals surface area contributed by atoms with E-state index in [1.165, 1.54) is 19.3 Å². The minimum absolute atomic E-state index is 0.226. The molecule has 0 radical (unpaired) electrons. The van der Waals surface area contributed by atoms with Gasteiger partial charge in [-0.15, -0.1) is 0 Å². The van der Waals surface area contributed by atoms with E-state index in [0.717, 1.165) is 31.7 Å². The van der Waals surface area contributed by atoms with Gasteiger partial charge in [-0.1, -0.05) is 34.1 Å². The smallest absolute Gasteiger partial charge is 0.106 e. The van der Waals surface area contributed by atoms with Gasteiger partial charge < -0.3 is 0 Å². The van der Waals surface area contributed by atoms with Crippen molar-refractivity contribution in [3.63, 3.8) is 0 Å². The molecule has 0 aliphatic heterocycles. The van der Waals surface area contributed by atoms with Crippen molar-refractivity contribution in [2.75, 3.05) is 6.54 Å². The van der Waals surface area contributed by atoms with E-state index in [1.807, 2.05) is 0 Å². The van der Waals surface area contributed by atoms with E-state index < -0.39 is 0 Å². The molecule has 0 heterocycles. The highest BCUT2D eigenvalue weighted by atomic mass is 15.0. The van der Waals surface area contributed by atoms with Crippen LogP contribution < -0.4 is 5.32 Å². The molecule has 1 rings (SSSR count). The molecule has 1 saturated carbocycles. The van der Waals surface area contributed by atoms with Crippen molar-refractivity contribution in [3.8, 4) is 6.07 Å². The monoisotopic (exact) mass is 236 g/mol. The molecule has 1 aliphatic carbocycles. The Balaban J connectivity index is 2.57. The van der Waals surface area contributed by atoms with Gasteiger partial charge in [-0.2, -0.15) is 5.26 Å². The van der Waals surface area contributed by atoms with Gasteiger partial charge in [-0.05, 0) is 50.0 Å².